The standard InChI is InChI=1S/C22H18FN3O2S2/c1-13-7-8-14(2)17(11-13)24-19(27)12-30-22-25-16-9-10-29-20(16)21(28)26(22)18-6-4-3-5-15(18)23/h3-11H,12H2,1-2H3,(H,24,27). The van der Waals surface area contributed by atoms with Crippen molar-refractivity contribution in [3.8, 4) is 5.69 Å². The molecule has 0 saturated carbocycles. The molecule has 1 amide bonds. The second kappa shape index (κ2) is 8.41. The molecule has 2 heterocycles. The molecule has 0 aliphatic heterocycles. The van der Waals surface area contributed by atoms with E-state index in [4.69, 9.17) is 0 Å². The van der Waals surface area contributed by atoms with Crippen LogP contribution in [0.3, 0.4) is 0 Å². The van der Waals surface area contributed by atoms with Gasteiger partial charge in [-0.05, 0) is 54.6 Å². The van der Waals surface area contributed by atoms with Gasteiger partial charge in [-0.3, -0.25) is 14.2 Å². The van der Waals surface area contributed by atoms with E-state index >= 15 is 0 Å². The van der Waals surface area contributed by atoms with Crippen LogP contribution in [0.2, 0.25) is 0 Å². The SMILES string of the molecule is Cc1ccc(C)c(NC(=O)CSc2nc3ccsc3c(=O)n2-c2ccccc2F)c1. The number of carbonyl (C=O) groups excluding carboxylic acids is 1. The summed E-state index contributed by atoms with van der Waals surface area (Å²) in [5.74, 6) is -0.725. The molecule has 4 aromatic rings. The predicted octanol–water partition coefficient (Wildman–Crippen LogP) is 4.93. The number of thiophene rings is 1. The summed E-state index contributed by atoms with van der Waals surface area (Å²) in [4.78, 5) is 30.1. The summed E-state index contributed by atoms with van der Waals surface area (Å²) in [5.41, 5.74) is 3.05. The third kappa shape index (κ3) is 4.01. The normalized spacial score (nSPS) is 11.0. The van der Waals surface area contributed by atoms with Gasteiger partial charge in [-0.15, -0.1) is 11.3 Å². The van der Waals surface area contributed by atoms with Crippen LogP contribution in [0.15, 0.2) is 63.9 Å². The Hall–Kier alpha value is -2.97. The third-order valence-electron chi connectivity index (χ3n) is 4.54. The van der Waals surface area contributed by atoms with Gasteiger partial charge in [0.1, 0.15) is 10.5 Å². The Morgan fingerprint density at radius 3 is 2.80 bits per heavy atom. The Bertz CT molecular complexity index is 1310. The molecule has 2 aromatic heterocycles. The van der Waals surface area contributed by atoms with Gasteiger partial charge in [0.15, 0.2) is 5.16 Å². The first-order valence-corrected chi connectivity index (χ1v) is 11.1. The van der Waals surface area contributed by atoms with Crippen molar-refractivity contribution in [3.05, 3.63) is 81.2 Å². The summed E-state index contributed by atoms with van der Waals surface area (Å²) < 4.78 is 16.1. The smallest absolute Gasteiger partial charge is 0.276 e. The molecule has 1 N–H and O–H groups in total. The highest BCUT2D eigenvalue weighted by atomic mass is 32.2. The van der Waals surface area contributed by atoms with Gasteiger partial charge in [0.25, 0.3) is 5.56 Å². The topological polar surface area (TPSA) is 64.0 Å². The van der Waals surface area contributed by atoms with E-state index in [0.29, 0.717) is 10.2 Å². The molecule has 0 atom stereocenters. The number of hydrogen-bond donors (Lipinski definition) is 1. The molecule has 0 fully saturated rings. The zero-order chi connectivity index (χ0) is 21.3. The number of para-hydroxylation sites is 1. The molecule has 5 nitrogen and oxygen atoms in total. The van der Waals surface area contributed by atoms with E-state index in [0.717, 1.165) is 28.6 Å². The average Bonchev–Trinajstić information content (AvgIpc) is 3.19. The van der Waals surface area contributed by atoms with Crippen LogP contribution in [0, 0.1) is 19.7 Å². The van der Waals surface area contributed by atoms with Gasteiger partial charge >= 0.3 is 0 Å². The summed E-state index contributed by atoms with van der Waals surface area (Å²) in [5, 5.41) is 4.93. The van der Waals surface area contributed by atoms with E-state index in [1.165, 1.54) is 28.0 Å². The third-order valence-corrected chi connectivity index (χ3v) is 6.37. The monoisotopic (exact) mass is 439 g/mol. The van der Waals surface area contributed by atoms with Crippen LogP contribution in [0.5, 0.6) is 0 Å². The van der Waals surface area contributed by atoms with Crippen LogP contribution >= 0.6 is 23.1 Å². The Morgan fingerprint density at radius 2 is 2.00 bits per heavy atom. The Morgan fingerprint density at radius 1 is 1.20 bits per heavy atom. The second-order valence-electron chi connectivity index (χ2n) is 6.78. The minimum atomic E-state index is -0.529. The van der Waals surface area contributed by atoms with Crippen molar-refractivity contribution in [2.45, 2.75) is 19.0 Å². The van der Waals surface area contributed by atoms with Crippen molar-refractivity contribution in [1.82, 2.24) is 9.55 Å². The number of benzene rings is 2. The molecule has 0 aliphatic carbocycles. The molecule has 0 unspecified atom stereocenters. The van der Waals surface area contributed by atoms with Crippen LogP contribution in [-0.4, -0.2) is 21.2 Å². The number of rotatable bonds is 5. The maximum atomic E-state index is 14.5. The molecule has 8 heteroatoms. The minimum absolute atomic E-state index is 0.0317. The number of fused-ring (bicyclic) bond motifs is 1. The van der Waals surface area contributed by atoms with Crippen molar-refractivity contribution < 1.29 is 9.18 Å². The molecule has 4 rings (SSSR count). The van der Waals surface area contributed by atoms with Crippen LogP contribution < -0.4 is 10.9 Å². The lowest BCUT2D eigenvalue weighted by Gasteiger charge is -2.13. The van der Waals surface area contributed by atoms with Gasteiger partial charge in [-0.25, -0.2) is 9.37 Å². The van der Waals surface area contributed by atoms with Crippen molar-refractivity contribution in [2.75, 3.05) is 11.1 Å². The number of nitrogens with zero attached hydrogens (tertiary/aromatic N) is 2. The fourth-order valence-electron chi connectivity index (χ4n) is 3.02. The molecule has 30 heavy (non-hydrogen) atoms. The minimum Gasteiger partial charge on any atom is -0.325 e. The van der Waals surface area contributed by atoms with Gasteiger partial charge in [0.05, 0.1) is 17.0 Å². The average molecular weight is 440 g/mol. The predicted molar refractivity (Wildman–Crippen MR) is 120 cm³/mol. The van der Waals surface area contributed by atoms with Crippen LogP contribution in [0.25, 0.3) is 15.9 Å². The number of thioether (sulfide) groups is 1. The molecule has 0 bridgehead atoms. The Balaban J connectivity index is 1.66. The zero-order valence-electron chi connectivity index (χ0n) is 16.3. The number of aromatic nitrogens is 2. The van der Waals surface area contributed by atoms with E-state index < -0.39 is 5.82 Å². The number of amides is 1. The Kier molecular flexibility index (Phi) is 5.69. The fourth-order valence-corrected chi connectivity index (χ4v) is 4.59. The van der Waals surface area contributed by atoms with Crippen molar-refractivity contribution in [3.63, 3.8) is 0 Å². The van der Waals surface area contributed by atoms with Gasteiger partial charge < -0.3 is 5.32 Å². The van der Waals surface area contributed by atoms with Gasteiger partial charge in [-0.1, -0.05) is 36.0 Å². The first kappa shape index (κ1) is 20.3. The van der Waals surface area contributed by atoms with E-state index in [1.807, 2.05) is 32.0 Å². The van der Waals surface area contributed by atoms with Crippen LogP contribution in [-0.2, 0) is 4.79 Å². The maximum Gasteiger partial charge on any atom is 0.276 e. The Labute approximate surface area is 180 Å². The molecule has 0 radical (unpaired) electrons. The molecule has 0 spiro atoms. The molecule has 2 aromatic carbocycles. The summed E-state index contributed by atoms with van der Waals surface area (Å²) in [7, 11) is 0. The summed E-state index contributed by atoms with van der Waals surface area (Å²) in [6, 6.07) is 13.6. The van der Waals surface area contributed by atoms with Crippen molar-refractivity contribution in [2.24, 2.45) is 0 Å². The maximum absolute atomic E-state index is 14.5. The number of halogens is 1. The highest BCUT2D eigenvalue weighted by Crippen LogP contribution is 2.25. The van der Waals surface area contributed by atoms with Gasteiger partial charge in [0, 0.05) is 5.69 Å². The fraction of sp³-hybridized carbons (Fsp3) is 0.136. The van der Waals surface area contributed by atoms with Crippen LogP contribution in [0.4, 0.5) is 10.1 Å². The first-order chi connectivity index (χ1) is 14.4. The quantitative estimate of drug-likeness (QED) is 0.354. The van der Waals surface area contributed by atoms with E-state index in [-0.39, 0.29) is 28.1 Å². The molecule has 0 aliphatic rings. The van der Waals surface area contributed by atoms with Crippen molar-refractivity contribution in [1.29, 1.82) is 0 Å². The summed E-state index contributed by atoms with van der Waals surface area (Å²) in [6.07, 6.45) is 0. The van der Waals surface area contributed by atoms with Crippen molar-refractivity contribution >= 4 is 44.9 Å². The lowest BCUT2D eigenvalue weighted by Crippen LogP contribution is -2.23. The second-order valence-corrected chi connectivity index (χ2v) is 8.64. The van der Waals surface area contributed by atoms with Crippen LogP contribution in [0.1, 0.15) is 11.1 Å². The van der Waals surface area contributed by atoms with Gasteiger partial charge in [-0.2, -0.15) is 0 Å². The highest BCUT2D eigenvalue weighted by molar-refractivity contribution is 7.99. The number of nitrogens with one attached hydrogen (secondary N) is 1. The molecular formula is C22H18FN3O2S2. The first-order valence-electron chi connectivity index (χ1n) is 9.19. The van der Waals surface area contributed by atoms with E-state index in [9.17, 15) is 14.0 Å². The number of hydrogen-bond acceptors (Lipinski definition) is 5. The lowest BCUT2D eigenvalue weighted by molar-refractivity contribution is -0.113. The molecular weight excluding hydrogens is 421 g/mol. The van der Waals surface area contributed by atoms with E-state index in [2.05, 4.69) is 10.3 Å². The zero-order valence-corrected chi connectivity index (χ0v) is 17.9. The van der Waals surface area contributed by atoms with E-state index in [1.54, 1.807) is 23.6 Å². The molecule has 152 valence electrons. The molecule has 0 saturated heterocycles. The number of anilines is 1. The lowest BCUT2D eigenvalue weighted by atomic mass is 10.1. The largest absolute Gasteiger partial charge is 0.325 e. The highest BCUT2D eigenvalue weighted by Gasteiger charge is 2.18. The number of aryl methyl sites for hydroxylation is 2. The van der Waals surface area contributed by atoms with Gasteiger partial charge in [0.2, 0.25) is 5.91 Å². The number of carbonyl (C=O) groups is 1. The summed E-state index contributed by atoms with van der Waals surface area (Å²) >= 11 is 2.36. The summed E-state index contributed by atoms with van der Waals surface area (Å²) in [6.45, 7) is 3.88.